The molecule has 0 unspecified atom stereocenters. The Morgan fingerprint density at radius 1 is 0.807 bits per heavy atom. The zero-order valence-corrected chi connectivity index (χ0v) is 31.9. The van der Waals surface area contributed by atoms with E-state index in [1.807, 2.05) is 81.4 Å². The van der Waals surface area contributed by atoms with Crippen LogP contribution in [0.5, 0.6) is 5.75 Å². The van der Waals surface area contributed by atoms with Gasteiger partial charge in [-0.3, -0.25) is 9.59 Å². The molecule has 4 aromatic carbocycles. The summed E-state index contributed by atoms with van der Waals surface area (Å²) >= 11 is 0. The molecule has 57 heavy (non-hydrogen) atoms. The van der Waals surface area contributed by atoms with Crippen LogP contribution in [-0.2, 0) is 31.0 Å². The van der Waals surface area contributed by atoms with Crippen LogP contribution in [0.2, 0.25) is 5.04 Å². The van der Waals surface area contributed by atoms with Crippen LogP contribution < -0.4 is 15.3 Å². The number of benzene rings is 4. The highest BCUT2D eigenvalue weighted by Gasteiger charge is 2.59. The predicted octanol–water partition coefficient (Wildman–Crippen LogP) is 7.75. The highest BCUT2D eigenvalue weighted by atomic mass is 28.4. The van der Waals surface area contributed by atoms with E-state index < -0.39 is 96.9 Å². The molecule has 2 aliphatic heterocycles. The number of halogens is 7. The maximum atomic E-state index is 14.6. The Kier molecular flexibility index (Phi) is 10.3. The maximum Gasteiger partial charge on any atom is 0.487 e. The van der Waals surface area contributed by atoms with Crippen molar-refractivity contribution in [2.24, 2.45) is 17.8 Å². The molecule has 2 N–H and O–H groups in total. The Labute approximate surface area is 325 Å². The highest BCUT2D eigenvalue weighted by Crippen LogP contribution is 2.53. The largest absolute Gasteiger partial charge is 0.505 e. The van der Waals surface area contributed by atoms with Crippen molar-refractivity contribution < 1.29 is 59.5 Å². The first-order valence-corrected chi connectivity index (χ1v) is 20.1. The van der Waals surface area contributed by atoms with E-state index in [0.29, 0.717) is 22.6 Å². The Balaban J connectivity index is 1.35. The molecule has 0 saturated carbocycles. The number of carbonyl (C=O) groups is 2. The number of imide groups is 1. The number of amides is 2. The predicted molar refractivity (Wildman–Crippen MR) is 199 cm³/mol. The lowest BCUT2D eigenvalue weighted by Crippen LogP contribution is -2.66. The molecule has 1 aliphatic carbocycles. The first-order valence-electron chi connectivity index (χ1n) is 18.2. The molecule has 0 aromatic heterocycles. The Morgan fingerprint density at radius 2 is 1.37 bits per heavy atom. The average Bonchev–Trinajstić information content (AvgIpc) is 3.40. The van der Waals surface area contributed by atoms with Gasteiger partial charge in [0.2, 0.25) is 11.8 Å². The summed E-state index contributed by atoms with van der Waals surface area (Å²) in [6.07, 6.45) is -11.9. The number of phenolic OH excluding ortho intramolecular Hbond substituents is 1. The van der Waals surface area contributed by atoms with Crippen molar-refractivity contribution in [2.45, 2.75) is 57.1 Å². The van der Waals surface area contributed by atoms with E-state index in [1.54, 1.807) is 0 Å². The monoisotopic (exact) mass is 811 g/mol. The summed E-state index contributed by atoms with van der Waals surface area (Å²) in [5, 5.41) is 22.9. The maximum absolute atomic E-state index is 14.6. The number of carbonyl (C=O) groups excluding carboxylic acids is 2. The Morgan fingerprint density at radius 3 is 1.88 bits per heavy atom. The van der Waals surface area contributed by atoms with E-state index in [4.69, 9.17) is 9.08 Å². The van der Waals surface area contributed by atoms with Gasteiger partial charge in [0.1, 0.15) is 0 Å². The molecular formula is C41H37BF7NO6Si. The Bertz CT molecular complexity index is 2160. The number of nitrogens with zero attached hydrogens (tertiary/aromatic N) is 1. The number of rotatable bonds is 7. The summed E-state index contributed by atoms with van der Waals surface area (Å²) < 4.78 is 111. The van der Waals surface area contributed by atoms with Gasteiger partial charge in [-0.2, -0.15) is 26.3 Å². The summed E-state index contributed by atoms with van der Waals surface area (Å²) in [6.45, 7) is 5.94. The van der Waals surface area contributed by atoms with E-state index >= 15 is 0 Å². The summed E-state index contributed by atoms with van der Waals surface area (Å²) in [6, 6.07) is 23.2. The molecule has 2 saturated heterocycles. The first-order chi connectivity index (χ1) is 26.7. The van der Waals surface area contributed by atoms with E-state index in [0.717, 1.165) is 22.5 Å². The second-order valence-corrected chi connectivity index (χ2v) is 20.0. The van der Waals surface area contributed by atoms with E-state index in [-0.39, 0.29) is 36.6 Å². The molecule has 4 aromatic rings. The number of alkyl halides is 6. The van der Waals surface area contributed by atoms with Gasteiger partial charge in [-0.1, -0.05) is 87.5 Å². The van der Waals surface area contributed by atoms with Gasteiger partial charge in [-0.15, -0.1) is 0 Å². The molecule has 0 spiro atoms. The van der Waals surface area contributed by atoms with Gasteiger partial charge in [-0.25, -0.2) is 9.29 Å². The lowest BCUT2D eigenvalue weighted by Gasteiger charge is -2.45. The summed E-state index contributed by atoms with van der Waals surface area (Å²) in [5.41, 5.74) is -3.52. The SMILES string of the molecule is CC(C)(C)[Si](OCC1=C2B(O)O[C@H](c3ccc(O)c(F)c3)C[C@H]2[C@H]2C(=O)N(c3cc(C(F)(F)F)cc(C(F)(F)F)c3)C(=O)[C@H]2C1)(c1ccccc1)c1ccccc1. The number of allylic oxidation sites excluding steroid dienone is 1. The first kappa shape index (κ1) is 40.4. The van der Waals surface area contributed by atoms with Crippen molar-refractivity contribution in [3.05, 3.63) is 131 Å². The lowest BCUT2D eigenvalue weighted by molar-refractivity contribution is -0.143. The van der Waals surface area contributed by atoms with Gasteiger partial charge >= 0.3 is 19.5 Å². The number of fused-ring (bicyclic) bond motifs is 3. The third kappa shape index (κ3) is 7.21. The van der Waals surface area contributed by atoms with Crippen molar-refractivity contribution in [1.29, 1.82) is 0 Å². The van der Waals surface area contributed by atoms with Crippen molar-refractivity contribution in [1.82, 2.24) is 0 Å². The van der Waals surface area contributed by atoms with Crippen molar-refractivity contribution in [3.8, 4) is 5.75 Å². The molecule has 0 radical (unpaired) electrons. The van der Waals surface area contributed by atoms with Crippen LogP contribution >= 0.6 is 0 Å². The van der Waals surface area contributed by atoms with Gasteiger partial charge < -0.3 is 19.2 Å². The van der Waals surface area contributed by atoms with Gasteiger partial charge in [0.05, 0.1) is 41.4 Å². The molecular weight excluding hydrogens is 774 g/mol. The van der Waals surface area contributed by atoms with Crippen LogP contribution in [0.25, 0.3) is 0 Å². The quantitative estimate of drug-likeness (QED) is 0.113. The summed E-state index contributed by atoms with van der Waals surface area (Å²) in [5.74, 6) is -7.34. The fourth-order valence-corrected chi connectivity index (χ4v) is 13.3. The molecule has 7 nitrogen and oxygen atoms in total. The molecule has 16 heteroatoms. The standard InChI is InChI=1S/C41H37BF7NO6Si/c1-39(2,3)57(28-10-6-4-7-11-28,29-12-8-5-9-13-29)55-22-24-16-31-35(30-21-34(56-42(54)36(24)30)23-14-15-33(51)32(43)17-23)38(53)50(37(31)52)27-19-25(40(44,45)46)18-26(20-27)41(47,48)49/h4-15,17-20,30-31,34-35,51,54H,16,21-22H2,1-3H3/t30-,31-,34-,35+/m0/s1. The van der Waals surface area contributed by atoms with Crippen LogP contribution in [0.1, 0.15) is 56.4 Å². The second-order valence-electron chi connectivity index (χ2n) is 15.7. The number of anilines is 1. The molecule has 4 atom stereocenters. The fourth-order valence-electron chi connectivity index (χ4n) is 8.76. The third-order valence-electron chi connectivity index (χ3n) is 11.3. The molecule has 7 rings (SSSR count). The zero-order valence-electron chi connectivity index (χ0n) is 30.9. The minimum absolute atomic E-state index is 0.0856. The van der Waals surface area contributed by atoms with E-state index in [9.17, 15) is 50.5 Å². The lowest BCUT2D eigenvalue weighted by atomic mass is 9.55. The molecule has 298 valence electrons. The summed E-state index contributed by atoms with van der Waals surface area (Å²) in [4.78, 5) is 29.1. The minimum atomic E-state index is -5.24. The van der Waals surface area contributed by atoms with Crippen molar-refractivity contribution in [2.75, 3.05) is 11.5 Å². The van der Waals surface area contributed by atoms with Gasteiger partial charge in [-0.05, 0) is 81.1 Å². The molecule has 2 amide bonds. The van der Waals surface area contributed by atoms with Crippen molar-refractivity contribution in [3.63, 3.8) is 0 Å². The molecule has 3 aliphatic rings. The molecule has 0 bridgehead atoms. The Hall–Kier alpha value is -4.77. The average molecular weight is 812 g/mol. The normalized spacial score (nSPS) is 21.9. The topological polar surface area (TPSA) is 96.3 Å². The number of aromatic hydroxyl groups is 1. The highest BCUT2D eigenvalue weighted by molar-refractivity contribution is 6.99. The minimum Gasteiger partial charge on any atom is -0.505 e. The van der Waals surface area contributed by atoms with Crippen LogP contribution in [0.15, 0.2) is 108 Å². The fraction of sp³-hybridized carbons (Fsp3) is 0.317. The van der Waals surface area contributed by atoms with Crippen molar-refractivity contribution >= 4 is 43.3 Å². The smallest absolute Gasteiger partial charge is 0.487 e. The van der Waals surface area contributed by atoms with Gasteiger partial charge in [0.15, 0.2) is 11.6 Å². The van der Waals surface area contributed by atoms with Crippen LogP contribution in [-0.4, -0.2) is 44.0 Å². The summed E-state index contributed by atoms with van der Waals surface area (Å²) in [7, 11) is -5.00. The van der Waals surface area contributed by atoms with E-state index in [2.05, 4.69) is 0 Å². The van der Waals surface area contributed by atoms with Crippen LogP contribution in [0, 0.1) is 23.6 Å². The van der Waals surface area contributed by atoms with Gasteiger partial charge in [0, 0.05) is 0 Å². The zero-order chi connectivity index (χ0) is 41.2. The van der Waals surface area contributed by atoms with E-state index in [1.165, 1.54) is 6.07 Å². The second kappa shape index (κ2) is 14.6. The van der Waals surface area contributed by atoms with Crippen LogP contribution in [0.4, 0.5) is 36.4 Å². The van der Waals surface area contributed by atoms with Gasteiger partial charge in [0.25, 0.3) is 8.32 Å². The third-order valence-corrected chi connectivity index (χ3v) is 16.2. The number of hydrogen-bond donors (Lipinski definition) is 2. The van der Waals surface area contributed by atoms with Crippen LogP contribution in [0.3, 0.4) is 0 Å². The molecule has 2 heterocycles. The number of hydrogen-bond acceptors (Lipinski definition) is 6. The molecule has 2 fully saturated rings. The number of phenols is 1.